The molecule has 0 saturated heterocycles. The van der Waals surface area contributed by atoms with Gasteiger partial charge < -0.3 is 4.74 Å². The summed E-state index contributed by atoms with van der Waals surface area (Å²) in [5, 5.41) is 14.7. The largest absolute Gasteiger partial charge is 0.466 e. The Balaban J connectivity index is 2.03. The Kier molecular flexibility index (Phi) is 4.02. The summed E-state index contributed by atoms with van der Waals surface area (Å²) in [6, 6.07) is 14.4. The van der Waals surface area contributed by atoms with Crippen molar-refractivity contribution in [1.29, 1.82) is 0 Å². The number of methoxy groups -OCH3 is 1. The molecule has 2 aromatic carbocycles. The Morgan fingerprint density at radius 2 is 1.79 bits per heavy atom. The van der Waals surface area contributed by atoms with Crippen molar-refractivity contribution in [3.05, 3.63) is 70.3 Å². The van der Waals surface area contributed by atoms with E-state index in [1.165, 1.54) is 31.4 Å². The molecular formula is C16H12N4O4. The van der Waals surface area contributed by atoms with Gasteiger partial charge in [-0.25, -0.2) is 0 Å². The zero-order valence-corrected chi connectivity index (χ0v) is 12.6. The predicted molar refractivity (Wildman–Crippen MR) is 84.8 cm³/mol. The van der Waals surface area contributed by atoms with Crippen molar-refractivity contribution in [2.45, 2.75) is 0 Å². The molecule has 8 heteroatoms. The Morgan fingerprint density at radius 1 is 1.12 bits per heavy atom. The lowest BCUT2D eigenvalue weighted by molar-refractivity contribution is -0.384. The molecule has 0 bridgehead atoms. The fraction of sp³-hybridized carbons (Fsp3) is 0.0625. The average Bonchev–Trinajstić information content (AvgIpc) is 3.06. The minimum Gasteiger partial charge on any atom is -0.466 e. The molecule has 0 spiro atoms. The minimum absolute atomic E-state index is 0.0594. The quantitative estimate of drug-likeness (QED) is 0.540. The molecule has 0 aliphatic rings. The highest BCUT2D eigenvalue weighted by molar-refractivity contribution is 5.97. The summed E-state index contributed by atoms with van der Waals surface area (Å²) in [6.45, 7) is 0. The first-order chi connectivity index (χ1) is 11.6. The van der Waals surface area contributed by atoms with Crippen LogP contribution in [0.25, 0.3) is 11.4 Å². The Bertz CT molecular complexity index is 888. The van der Waals surface area contributed by atoms with E-state index in [4.69, 9.17) is 4.74 Å². The number of nitro benzene ring substituents is 1. The second-order valence-corrected chi connectivity index (χ2v) is 4.81. The van der Waals surface area contributed by atoms with Crippen LogP contribution in [0.5, 0.6) is 6.01 Å². The van der Waals surface area contributed by atoms with Gasteiger partial charge in [0.25, 0.3) is 11.6 Å². The van der Waals surface area contributed by atoms with Gasteiger partial charge >= 0.3 is 6.01 Å². The van der Waals surface area contributed by atoms with Gasteiger partial charge in [0.05, 0.1) is 12.0 Å². The van der Waals surface area contributed by atoms with Crippen molar-refractivity contribution >= 4 is 11.6 Å². The molecular weight excluding hydrogens is 312 g/mol. The lowest BCUT2D eigenvalue weighted by atomic mass is 10.2. The smallest absolute Gasteiger partial charge is 0.336 e. The fourth-order valence-corrected chi connectivity index (χ4v) is 2.14. The maximum absolute atomic E-state index is 12.7. The molecule has 0 amide bonds. The van der Waals surface area contributed by atoms with Crippen molar-refractivity contribution in [2.24, 2.45) is 0 Å². The van der Waals surface area contributed by atoms with Gasteiger partial charge in [0, 0.05) is 23.3 Å². The number of ether oxygens (including phenoxy) is 1. The number of non-ortho nitro benzene ring substituents is 1. The Hall–Kier alpha value is -3.55. The van der Waals surface area contributed by atoms with E-state index in [9.17, 15) is 14.9 Å². The third-order valence-electron chi connectivity index (χ3n) is 3.32. The number of carbonyl (C=O) groups is 1. The molecule has 0 aliphatic heterocycles. The second kappa shape index (κ2) is 6.29. The number of aromatic nitrogens is 3. The van der Waals surface area contributed by atoms with Crippen LogP contribution < -0.4 is 4.74 Å². The zero-order valence-electron chi connectivity index (χ0n) is 12.6. The summed E-state index contributed by atoms with van der Waals surface area (Å²) in [7, 11) is 1.41. The monoisotopic (exact) mass is 324 g/mol. The van der Waals surface area contributed by atoms with Crippen molar-refractivity contribution in [2.75, 3.05) is 7.11 Å². The lowest BCUT2D eigenvalue weighted by Gasteiger charge is -2.04. The molecule has 8 nitrogen and oxygen atoms in total. The summed E-state index contributed by atoms with van der Waals surface area (Å²) in [6.07, 6.45) is 0. The van der Waals surface area contributed by atoms with E-state index >= 15 is 0 Å². The van der Waals surface area contributed by atoms with E-state index in [2.05, 4.69) is 10.1 Å². The molecule has 1 heterocycles. The van der Waals surface area contributed by atoms with Crippen molar-refractivity contribution in [1.82, 2.24) is 14.8 Å². The van der Waals surface area contributed by atoms with E-state index in [-0.39, 0.29) is 17.3 Å². The SMILES string of the molecule is COc1nc(-c2ccccc2)n(C(=O)c2ccc([N+](=O)[O-])cc2)n1. The van der Waals surface area contributed by atoms with Crippen LogP contribution >= 0.6 is 0 Å². The van der Waals surface area contributed by atoms with Crippen molar-refractivity contribution in [3.63, 3.8) is 0 Å². The molecule has 0 unspecified atom stereocenters. The first-order valence-electron chi connectivity index (χ1n) is 6.96. The fourth-order valence-electron chi connectivity index (χ4n) is 2.14. The van der Waals surface area contributed by atoms with E-state index in [1.807, 2.05) is 18.2 Å². The van der Waals surface area contributed by atoms with Crippen LogP contribution in [0.15, 0.2) is 54.6 Å². The van der Waals surface area contributed by atoms with Gasteiger partial charge in [0.2, 0.25) is 0 Å². The van der Waals surface area contributed by atoms with E-state index in [0.717, 1.165) is 4.68 Å². The molecule has 0 aliphatic carbocycles. The number of nitrogens with zero attached hydrogens (tertiary/aromatic N) is 4. The number of nitro groups is 1. The van der Waals surface area contributed by atoms with Gasteiger partial charge in [-0.3, -0.25) is 14.9 Å². The van der Waals surface area contributed by atoms with E-state index in [1.54, 1.807) is 12.1 Å². The molecule has 0 atom stereocenters. The number of benzene rings is 2. The third kappa shape index (κ3) is 2.84. The van der Waals surface area contributed by atoms with Crippen LogP contribution in [0.3, 0.4) is 0 Å². The summed E-state index contributed by atoms with van der Waals surface area (Å²) >= 11 is 0. The van der Waals surface area contributed by atoms with E-state index < -0.39 is 10.8 Å². The van der Waals surface area contributed by atoms with Gasteiger partial charge in [-0.15, -0.1) is 5.10 Å². The first kappa shape index (κ1) is 15.3. The normalized spacial score (nSPS) is 10.4. The molecule has 0 saturated carbocycles. The Labute approximate surface area is 136 Å². The zero-order chi connectivity index (χ0) is 17.1. The highest BCUT2D eigenvalue weighted by atomic mass is 16.6. The topological polar surface area (TPSA) is 100 Å². The van der Waals surface area contributed by atoms with Gasteiger partial charge in [-0.05, 0) is 12.1 Å². The summed E-state index contributed by atoms with van der Waals surface area (Å²) in [5.74, 6) is -0.129. The van der Waals surface area contributed by atoms with Crippen LogP contribution in [0.4, 0.5) is 5.69 Å². The highest BCUT2D eigenvalue weighted by Crippen LogP contribution is 2.21. The molecule has 3 rings (SSSR count). The van der Waals surface area contributed by atoms with Crippen LogP contribution in [0.1, 0.15) is 10.4 Å². The maximum atomic E-state index is 12.7. The standard InChI is InChI=1S/C16H12N4O4/c1-24-16-17-14(11-5-3-2-4-6-11)19(18-16)15(21)12-7-9-13(10-8-12)20(22)23/h2-10H,1H3. The highest BCUT2D eigenvalue weighted by Gasteiger charge is 2.20. The van der Waals surface area contributed by atoms with Crippen molar-refractivity contribution < 1.29 is 14.5 Å². The van der Waals surface area contributed by atoms with Crippen LogP contribution in [0, 0.1) is 10.1 Å². The minimum atomic E-state index is -0.526. The van der Waals surface area contributed by atoms with Gasteiger partial charge in [-0.1, -0.05) is 30.3 Å². The van der Waals surface area contributed by atoms with Crippen LogP contribution in [-0.2, 0) is 0 Å². The predicted octanol–water partition coefficient (Wildman–Crippen LogP) is 2.55. The average molecular weight is 324 g/mol. The third-order valence-corrected chi connectivity index (χ3v) is 3.32. The second-order valence-electron chi connectivity index (χ2n) is 4.81. The maximum Gasteiger partial charge on any atom is 0.336 e. The van der Waals surface area contributed by atoms with Crippen LogP contribution in [-0.4, -0.2) is 32.7 Å². The molecule has 3 aromatic rings. The molecule has 24 heavy (non-hydrogen) atoms. The molecule has 0 fully saturated rings. The first-order valence-corrected chi connectivity index (χ1v) is 6.96. The summed E-state index contributed by atoms with van der Waals surface area (Å²) < 4.78 is 6.13. The van der Waals surface area contributed by atoms with Gasteiger partial charge in [0.15, 0.2) is 5.82 Å². The number of carbonyl (C=O) groups excluding carboxylic acids is 1. The van der Waals surface area contributed by atoms with Crippen LogP contribution in [0.2, 0.25) is 0 Å². The summed E-state index contributed by atoms with van der Waals surface area (Å²) in [5.41, 5.74) is 0.861. The molecule has 0 radical (unpaired) electrons. The number of hydrogen-bond donors (Lipinski definition) is 0. The number of rotatable bonds is 4. The summed E-state index contributed by atoms with van der Waals surface area (Å²) in [4.78, 5) is 27.1. The van der Waals surface area contributed by atoms with Crippen molar-refractivity contribution in [3.8, 4) is 17.4 Å². The van der Waals surface area contributed by atoms with Gasteiger partial charge in [0.1, 0.15) is 0 Å². The lowest BCUT2D eigenvalue weighted by Crippen LogP contribution is -2.15. The molecule has 120 valence electrons. The number of hydrogen-bond acceptors (Lipinski definition) is 6. The van der Waals surface area contributed by atoms with Gasteiger partial charge in [-0.2, -0.15) is 9.67 Å². The van der Waals surface area contributed by atoms with E-state index in [0.29, 0.717) is 11.4 Å². The molecule has 0 N–H and O–H groups in total. The molecule has 1 aromatic heterocycles. The Morgan fingerprint density at radius 3 is 2.38 bits per heavy atom.